The lowest BCUT2D eigenvalue weighted by atomic mass is 9.97. The summed E-state index contributed by atoms with van der Waals surface area (Å²) < 4.78 is 5.41. The van der Waals surface area contributed by atoms with Crippen LogP contribution in [0.3, 0.4) is 0 Å². The molecule has 3 N–H and O–H groups in total. The number of nitrogens with zero attached hydrogens (tertiary/aromatic N) is 3. The molecule has 1 saturated heterocycles. The zero-order valence-corrected chi connectivity index (χ0v) is 11.6. The summed E-state index contributed by atoms with van der Waals surface area (Å²) in [6.45, 7) is 7.13. The lowest BCUT2D eigenvalue weighted by Gasteiger charge is -2.31. The van der Waals surface area contributed by atoms with Crippen molar-refractivity contribution in [2.75, 3.05) is 23.7 Å². The fraction of sp³-hybridized carbons (Fsp3) is 0.750. The highest BCUT2D eigenvalue weighted by atomic mass is 16.6. The number of H-pyrrole nitrogens is 1. The quantitative estimate of drug-likeness (QED) is 0.774. The van der Waals surface area contributed by atoms with Crippen molar-refractivity contribution in [2.24, 2.45) is 5.92 Å². The number of nitrogen functional groups attached to an aromatic ring is 1. The molecule has 7 heteroatoms. The van der Waals surface area contributed by atoms with Crippen molar-refractivity contribution in [1.82, 2.24) is 15.2 Å². The summed E-state index contributed by atoms with van der Waals surface area (Å²) in [6, 6.07) is 0. The first-order valence-corrected chi connectivity index (χ1v) is 6.51. The molecule has 1 aromatic rings. The van der Waals surface area contributed by atoms with Crippen LogP contribution in [0.25, 0.3) is 0 Å². The summed E-state index contributed by atoms with van der Waals surface area (Å²) in [6.07, 6.45) is 1.51. The van der Waals surface area contributed by atoms with E-state index >= 15 is 0 Å². The van der Waals surface area contributed by atoms with Crippen molar-refractivity contribution >= 4 is 17.9 Å². The Kier molecular flexibility index (Phi) is 3.64. The number of nitrogens with one attached hydrogen (secondary N) is 1. The van der Waals surface area contributed by atoms with Crippen molar-refractivity contribution in [1.29, 1.82) is 0 Å². The monoisotopic (exact) mass is 267 g/mol. The van der Waals surface area contributed by atoms with E-state index in [0.717, 1.165) is 25.9 Å². The van der Waals surface area contributed by atoms with Crippen LogP contribution < -0.4 is 10.6 Å². The highest BCUT2D eigenvalue weighted by molar-refractivity contribution is 5.73. The number of anilines is 2. The van der Waals surface area contributed by atoms with Gasteiger partial charge >= 0.3 is 5.97 Å². The molecule has 1 fully saturated rings. The Bertz CT molecular complexity index is 443. The van der Waals surface area contributed by atoms with Crippen molar-refractivity contribution in [2.45, 2.75) is 39.2 Å². The maximum atomic E-state index is 12.0. The maximum absolute atomic E-state index is 12.0. The van der Waals surface area contributed by atoms with Crippen molar-refractivity contribution in [3.05, 3.63) is 0 Å². The van der Waals surface area contributed by atoms with E-state index in [4.69, 9.17) is 10.5 Å². The molecule has 1 aliphatic rings. The molecule has 2 rings (SSSR count). The topological polar surface area (TPSA) is 97.1 Å². The third-order valence-corrected chi connectivity index (χ3v) is 3.01. The first-order valence-electron chi connectivity index (χ1n) is 6.51. The van der Waals surface area contributed by atoms with Gasteiger partial charge in [0.1, 0.15) is 5.60 Å². The molecule has 0 bridgehead atoms. The molecule has 1 aliphatic heterocycles. The minimum atomic E-state index is -0.424. The van der Waals surface area contributed by atoms with Crippen LogP contribution in [-0.2, 0) is 9.53 Å². The van der Waals surface area contributed by atoms with Gasteiger partial charge in [-0.1, -0.05) is 0 Å². The minimum Gasteiger partial charge on any atom is -0.460 e. The maximum Gasteiger partial charge on any atom is 0.309 e. The molecule has 7 nitrogen and oxygen atoms in total. The first kappa shape index (κ1) is 13.6. The molecule has 0 amide bonds. The number of esters is 1. The fourth-order valence-corrected chi connectivity index (χ4v) is 2.11. The normalized spacial score (nSPS) is 17.5. The lowest BCUT2D eigenvalue weighted by Crippen LogP contribution is -2.39. The molecule has 2 heterocycles. The van der Waals surface area contributed by atoms with Crippen LogP contribution >= 0.6 is 0 Å². The van der Waals surface area contributed by atoms with E-state index in [-0.39, 0.29) is 11.9 Å². The highest BCUT2D eigenvalue weighted by Crippen LogP contribution is 2.23. The van der Waals surface area contributed by atoms with Gasteiger partial charge in [0.25, 0.3) is 0 Å². The summed E-state index contributed by atoms with van der Waals surface area (Å²) in [5, 5.41) is 6.63. The molecule has 1 aromatic heterocycles. The van der Waals surface area contributed by atoms with E-state index in [0.29, 0.717) is 11.9 Å². The predicted molar refractivity (Wildman–Crippen MR) is 71.6 cm³/mol. The number of carbonyl (C=O) groups excluding carboxylic acids is 1. The summed E-state index contributed by atoms with van der Waals surface area (Å²) in [4.78, 5) is 18.1. The van der Waals surface area contributed by atoms with Crippen LogP contribution in [0.15, 0.2) is 0 Å². The second kappa shape index (κ2) is 5.07. The van der Waals surface area contributed by atoms with Crippen LogP contribution in [0, 0.1) is 5.92 Å². The molecule has 0 aromatic carbocycles. The van der Waals surface area contributed by atoms with Crippen LogP contribution in [0.5, 0.6) is 0 Å². The Morgan fingerprint density at radius 2 is 2.05 bits per heavy atom. The zero-order valence-electron chi connectivity index (χ0n) is 11.6. The molecular formula is C12H21N5O2. The van der Waals surface area contributed by atoms with Gasteiger partial charge in [-0.15, -0.1) is 5.10 Å². The van der Waals surface area contributed by atoms with Crippen molar-refractivity contribution in [3.8, 4) is 0 Å². The van der Waals surface area contributed by atoms with E-state index in [1.165, 1.54) is 0 Å². The van der Waals surface area contributed by atoms with Crippen LogP contribution in [0.4, 0.5) is 11.9 Å². The van der Waals surface area contributed by atoms with Gasteiger partial charge in [-0.25, -0.2) is 5.10 Å². The molecular weight excluding hydrogens is 246 g/mol. The Morgan fingerprint density at radius 1 is 1.42 bits per heavy atom. The second-order valence-electron chi connectivity index (χ2n) is 5.82. The second-order valence-corrected chi connectivity index (χ2v) is 5.82. The number of piperidine rings is 1. The Hall–Kier alpha value is -1.79. The van der Waals surface area contributed by atoms with Gasteiger partial charge < -0.3 is 15.4 Å². The van der Waals surface area contributed by atoms with Gasteiger partial charge in [0, 0.05) is 13.1 Å². The Morgan fingerprint density at radius 3 is 2.53 bits per heavy atom. The number of aromatic amines is 1. The third kappa shape index (κ3) is 3.59. The lowest BCUT2D eigenvalue weighted by molar-refractivity contribution is -0.160. The van der Waals surface area contributed by atoms with E-state index in [2.05, 4.69) is 15.2 Å². The molecule has 0 unspecified atom stereocenters. The smallest absolute Gasteiger partial charge is 0.309 e. The number of carbonyl (C=O) groups is 1. The van der Waals surface area contributed by atoms with E-state index in [1.54, 1.807) is 0 Å². The van der Waals surface area contributed by atoms with Gasteiger partial charge in [0.05, 0.1) is 5.92 Å². The van der Waals surface area contributed by atoms with Crippen molar-refractivity contribution in [3.63, 3.8) is 0 Å². The molecule has 0 radical (unpaired) electrons. The number of rotatable bonds is 2. The summed E-state index contributed by atoms with van der Waals surface area (Å²) >= 11 is 0. The number of ether oxygens (including phenoxy) is 1. The van der Waals surface area contributed by atoms with Gasteiger partial charge in [-0.2, -0.15) is 4.98 Å². The Labute approximate surface area is 112 Å². The van der Waals surface area contributed by atoms with Gasteiger partial charge in [0.2, 0.25) is 11.9 Å². The van der Waals surface area contributed by atoms with E-state index < -0.39 is 5.60 Å². The van der Waals surface area contributed by atoms with Crippen LogP contribution in [0.2, 0.25) is 0 Å². The molecule has 0 saturated carbocycles. The number of hydrogen-bond acceptors (Lipinski definition) is 6. The minimum absolute atomic E-state index is 0.0354. The molecule has 106 valence electrons. The largest absolute Gasteiger partial charge is 0.460 e. The molecule has 0 aliphatic carbocycles. The fourth-order valence-electron chi connectivity index (χ4n) is 2.11. The zero-order chi connectivity index (χ0) is 14.0. The predicted octanol–water partition coefficient (Wildman–Crippen LogP) is 0.945. The van der Waals surface area contributed by atoms with Gasteiger partial charge in [-0.3, -0.25) is 4.79 Å². The van der Waals surface area contributed by atoms with Crippen molar-refractivity contribution < 1.29 is 9.53 Å². The highest BCUT2D eigenvalue weighted by Gasteiger charge is 2.30. The molecule has 0 atom stereocenters. The molecule has 19 heavy (non-hydrogen) atoms. The average Bonchev–Trinajstić information content (AvgIpc) is 2.74. The average molecular weight is 267 g/mol. The third-order valence-electron chi connectivity index (χ3n) is 3.01. The summed E-state index contributed by atoms with van der Waals surface area (Å²) in [7, 11) is 0. The first-order chi connectivity index (χ1) is 8.85. The van der Waals surface area contributed by atoms with Crippen LogP contribution in [0.1, 0.15) is 33.6 Å². The van der Waals surface area contributed by atoms with E-state index in [1.807, 2.05) is 25.7 Å². The number of aromatic nitrogens is 3. The molecule has 0 spiro atoms. The van der Waals surface area contributed by atoms with Crippen LogP contribution in [-0.4, -0.2) is 39.8 Å². The van der Waals surface area contributed by atoms with E-state index in [9.17, 15) is 4.79 Å². The standard InChI is InChI=1S/C12H21N5O2/c1-12(2,3)19-9(18)8-4-6-17(7-5-8)11-14-10(13)15-16-11/h8H,4-7H2,1-3H3,(H3,13,14,15,16). The summed E-state index contributed by atoms with van der Waals surface area (Å²) in [5.41, 5.74) is 5.08. The summed E-state index contributed by atoms with van der Waals surface area (Å²) in [5.74, 6) is 0.762. The SMILES string of the molecule is CC(C)(C)OC(=O)C1CCN(c2n[nH]c(N)n2)CC1. The van der Waals surface area contributed by atoms with Gasteiger partial charge in [-0.05, 0) is 33.6 Å². The van der Waals surface area contributed by atoms with Gasteiger partial charge in [0.15, 0.2) is 0 Å². The number of hydrogen-bond donors (Lipinski definition) is 2. The number of nitrogens with two attached hydrogens (primary N) is 1. The Balaban J connectivity index is 1.87.